The van der Waals surface area contributed by atoms with E-state index in [2.05, 4.69) is 0 Å². The van der Waals surface area contributed by atoms with Crippen LogP contribution in [0.4, 0.5) is 17.6 Å². The molecule has 4 rings (SSSR count). The molecule has 0 radical (unpaired) electrons. The fourth-order valence-electron chi connectivity index (χ4n) is 4.45. The first kappa shape index (κ1) is 20.3. The minimum atomic E-state index is -6.59. The lowest BCUT2D eigenvalue weighted by atomic mass is 9.59. The van der Waals surface area contributed by atoms with Crippen LogP contribution in [0.1, 0.15) is 38.5 Å². The Morgan fingerprint density at radius 3 is 2.52 bits per heavy atom. The van der Waals surface area contributed by atoms with Crippen LogP contribution in [0.25, 0.3) is 0 Å². The summed E-state index contributed by atoms with van der Waals surface area (Å²) in [6.07, 6.45) is -0.441. The van der Waals surface area contributed by atoms with Crippen LogP contribution in [0.2, 0.25) is 0 Å². The quantitative estimate of drug-likeness (QED) is 0.368. The van der Waals surface area contributed by atoms with E-state index in [-0.39, 0.29) is 18.8 Å². The standard InChI is InChI=1S/C15H18F4O7S/c16-14(17,15(18,19)27(22,23)24)1-2-25-12(21)13-5-8-3-9(6-13)11(20)26-10(4-8)7-13/h8-10H,1-7H2,(H,22,23,24)/p-1. The molecular formula is C15H17F4O7S-. The highest BCUT2D eigenvalue weighted by Crippen LogP contribution is 2.55. The Bertz CT molecular complexity index is 753. The zero-order valence-corrected chi connectivity index (χ0v) is 14.8. The Labute approximate surface area is 152 Å². The number of carbonyl (C=O) groups excluding carboxylic acids is 2. The van der Waals surface area contributed by atoms with Gasteiger partial charge in [0, 0.05) is 6.42 Å². The van der Waals surface area contributed by atoms with Crippen LogP contribution in [0.3, 0.4) is 0 Å². The summed E-state index contributed by atoms with van der Waals surface area (Å²) in [5, 5.41) is -5.81. The van der Waals surface area contributed by atoms with Crippen molar-refractivity contribution in [2.24, 2.45) is 17.3 Å². The summed E-state index contributed by atoms with van der Waals surface area (Å²) >= 11 is 0. The van der Waals surface area contributed by atoms with E-state index < -0.39 is 63.7 Å². The first-order chi connectivity index (χ1) is 12.3. The van der Waals surface area contributed by atoms with Gasteiger partial charge in [-0.1, -0.05) is 0 Å². The van der Waals surface area contributed by atoms with Crippen LogP contribution in [0.5, 0.6) is 0 Å². The number of carbonyl (C=O) groups is 2. The summed E-state index contributed by atoms with van der Waals surface area (Å²) in [5.74, 6) is -6.96. The smallest absolute Gasteiger partial charge is 0.396 e. The number of hydrogen-bond donors (Lipinski definition) is 0. The van der Waals surface area contributed by atoms with Gasteiger partial charge in [0.1, 0.15) is 6.10 Å². The van der Waals surface area contributed by atoms with Gasteiger partial charge in [0.15, 0.2) is 10.1 Å². The fourth-order valence-corrected chi connectivity index (χ4v) is 4.91. The van der Waals surface area contributed by atoms with Crippen molar-refractivity contribution < 1.29 is 49.6 Å². The number of halogens is 4. The summed E-state index contributed by atoms with van der Waals surface area (Å²) in [6, 6.07) is 0. The molecule has 2 saturated heterocycles. The van der Waals surface area contributed by atoms with E-state index in [9.17, 15) is 40.1 Å². The van der Waals surface area contributed by atoms with Crippen LogP contribution < -0.4 is 0 Å². The van der Waals surface area contributed by atoms with Crippen molar-refractivity contribution in [3.8, 4) is 0 Å². The van der Waals surface area contributed by atoms with Crippen molar-refractivity contribution in [3.05, 3.63) is 0 Å². The van der Waals surface area contributed by atoms with E-state index >= 15 is 0 Å². The molecule has 0 spiro atoms. The molecule has 0 aromatic heterocycles. The van der Waals surface area contributed by atoms with Crippen molar-refractivity contribution in [2.75, 3.05) is 6.61 Å². The first-order valence-electron chi connectivity index (χ1n) is 8.36. The number of esters is 2. The lowest BCUT2D eigenvalue weighted by molar-refractivity contribution is -0.182. The molecule has 4 unspecified atom stereocenters. The maximum Gasteiger partial charge on any atom is 0.396 e. The third-order valence-corrected chi connectivity index (χ3v) is 6.51. The average molecular weight is 417 g/mol. The van der Waals surface area contributed by atoms with Gasteiger partial charge in [-0.15, -0.1) is 0 Å². The largest absolute Gasteiger partial charge is 0.743 e. The molecule has 2 saturated carbocycles. The maximum absolute atomic E-state index is 13.4. The van der Waals surface area contributed by atoms with Gasteiger partial charge in [0.2, 0.25) is 0 Å². The SMILES string of the molecule is O=C1OC2CC3CC1CC(C(=O)OCCC(F)(F)C(F)(F)S(=O)(=O)[O-])(C3)C2. The first-order valence-corrected chi connectivity index (χ1v) is 9.77. The highest BCUT2D eigenvalue weighted by molar-refractivity contribution is 7.86. The summed E-state index contributed by atoms with van der Waals surface area (Å²) in [7, 11) is -6.59. The molecule has 0 aromatic carbocycles. The molecule has 4 fully saturated rings. The molecule has 2 aliphatic heterocycles. The topological polar surface area (TPSA) is 110 Å². The predicted molar refractivity (Wildman–Crippen MR) is 77.5 cm³/mol. The minimum Gasteiger partial charge on any atom is -0.743 e. The van der Waals surface area contributed by atoms with Crippen LogP contribution in [0.15, 0.2) is 0 Å². The van der Waals surface area contributed by atoms with Gasteiger partial charge >= 0.3 is 23.1 Å². The van der Waals surface area contributed by atoms with E-state index in [1.54, 1.807) is 0 Å². The Kier molecular flexibility index (Phi) is 4.73. The van der Waals surface area contributed by atoms with Gasteiger partial charge in [-0.3, -0.25) is 9.59 Å². The van der Waals surface area contributed by atoms with Crippen LogP contribution in [-0.4, -0.2) is 48.8 Å². The van der Waals surface area contributed by atoms with Crippen LogP contribution >= 0.6 is 0 Å². The zero-order valence-electron chi connectivity index (χ0n) is 14.0. The van der Waals surface area contributed by atoms with Gasteiger partial charge in [-0.2, -0.15) is 17.6 Å². The molecule has 27 heavy (non-hydrogen) atoms. The van der Waals surface area contributed by atoms with Crippen molar-refractivity contribution in [1.82, 2.24) is 0 Å². The third kappa shape index (κ3) is 3.41. The van der Waals surface area contributed by atoms with E-state index in [4.69, 9.17) is 9.47 Å². The van der Waals surface area contributed by atoms with Crippen LogP contribution in [0, 0.1) is 17.3 Å². The Morgan fingerprint density at radius 1 is 1.22 bits per heavy atom. The van der Waals surface area contributed by atoms with E-state index in [1.165, 1.54) is 0 Å². The van der Waals surface area contributed by atoms with E-state index in [0.29, 0.717) is 19.3 Å². The third-order valence-electron chi connectivity index (χ3n) is 5.59. The lowest BCUT2D eigenvalue weighted by Gasteiger charge is -2.44. The molecule has 4 bridgehead atoms. The van der Waals surface area contributed by atoms with E-state index in [0.717, 1.165) is 0 Å². The number of rotatable bonds is 6. The fraction of sp³-hybridized carbons (Fsp3) is 0.867. The van der Waals surface area contributed by atoms with Gasteiger partial charge in [-0.25, -0.2) is 8.42 Å². The van der Waals surface area contributed by atoms with Gasteiger partial charge in [0.25, 0.3) is 0 Å². The van der Waals surface area contributed by atoms with E-state index in [1.807, 2.05) is 0 Å². The molecule has 4 atom stereocenters. The second kappa shape index (κ2) is 6.29. The summed E-state index contributed by atoms with van der Waals surface area (Å²) in [6.45, 7) is -1.19. The summed E-state index contributed by atoms with van der Waals surface area (Å²) in [4.78, 5) is 24.4. The molecular weight excluding hydrogens is 400 g/mol. The van der Waals surface area contributed by atoms with Crippen molar-refractivity contribution in [2.45, 2.75) is 55.8 Å². The Balaban J connectivity index is 1.66. The van der Waals surface area contributed by atoms with Crippen molar-refractivity contribution >= 4 is 22.1 Å². The number of alkyl halides is 4. The van der Waals surface area contributed by atoms with Crippen molar-refractivity contribution in [1.29, 1.82) is 0 Å². The monoisotopic (exact) mass is 417 g/mol. The van der Waals surface area contributed by atoms with Crippen LogP contribution in [-0.2, 0) is 29.2 Å². The number of fused-ring (bicyclic) bond motifs is 1. The minimum absolute atomic E-state index is 0.0397. The Morgan fingerprint density at radius 2 is 1.89 bits per heavy atom. The predicted octanol–water partition coefficient (Wildman–Crippen LogP) is 1.81. The highest BCUT2D eigenvalue weighted by Gasteiger charge is 2.62. The molecule has 154 valence electrons. The maximum atomic E-state index is 13.4. The van der Waals surface area contributed by atoms with Gasteiger partial charge < -0.3 is 14.0 Å². The average Bonchev–Trinajstić information content (AvgIpc) is 2.68. The Hall–Kier alpha value is -1.43. The molecule has 2 aliphatic carbocycles. The summed E-state index contributed by atoms with van der Waals surface area (Å²) in [5.41, 5.74) is -1.11. The molecule has 0 aromatic rings. The zero-order chi connectivity index (χ0) is 20.3. The molecule has 0 amide bonds. The van der Waals surface area contributed by atoms with Crippen molar-refractivity contribution in [3.63, 3.8) is 0 Å². The number of ether oxygens (including phenoxy) is 2. The molecule has 4 aliphatic rings. The highest BCUT2D eigenvalue weighted by atomic mass is 32.2. The normalized spacial score (nSPS) is 33.5. The molecule has 12 heteroatoms. The van der Waals surface area contributed by atoms with Gasteiger partial charge in [-0.05, 0) is 31.6 Å². The van der Waals surface area contributed by atoms with Gasteiger partial charge in [0.05, 0.1) is 24.4 Å². The summed E-state index contributed by atoms with van der Waals surface area (Å²) < 4.78 is 94.2. The second-order valence-electron chi connectivity index (χ2n) is 7.55. The second-order valence-corrected chi connectivity index (χ2v) is 8.97. The lowest BCUT2D eigenvalue weighted by Crippen LogP contribution is -2.48. The molecule has 2 heterocycles. The molecule has 0 N–H and O–H groups in total. The number of hydrogen-bond acceptors (Lipinski definition) is 7. The molecule has 7 nitrogen and oxygen atoms in total.